The molecule has 0 aliphatic carbocycles. The second-order valence-electron chi connectivity index (χ2n) is 5.54. The van der Waals surface area contributed by atoms with Crippen LogP contribution in [0.15, 0.2) is 42.7 Å². The molecule has 2 aromatic rings. The lowest BCUT2D eigenvalue weighted by molar-refractivity contribution is 0.211. The molecule has 1 aromatic heterocycles. The van der Waals surface area contributed by atoms with Crippen LogP contribution in [0.25, 0.3) is 0 Å². The third-order valence-corrected chi connectivity index (χ3v) is 3.60. The summed E-state index contributed by atoms with van der Waals surface area (Å²) in [5.41, 5.74) is 1.20. The van der Waals surface area contributed by atoms with Gasteiger partial charge in [-0.15, -0.1) is 0 Å². The fourth-order valence-corrected chi connectivity index (χ4v) is 2.58. The highest BCUT2D eigenvalue weighted by Crippen LogP contribution is 2.27. The minimum Gasteiger partial charge on any atom is -0.488 e. The first kappa shape index (κ1) is 14.4. The molecule has 3 rings (SSSR count). The molecule has 0 saturated carbocycles. The lowest BCUT2D eigenvalue weighted by Crippen LogP contribution is -2.45. The number of nitrogens with zero attached hydrogens (tertiary/aromatic N) is 2. The van der Waals surface area contributed by atoms with Crippen molar-refractivity contribution >= 4 is 6.03 Å². The largest absolute Gasteiger partial charge is 0.488 e. The standard InChI is InChI=1S/C16H20N4O2/c1-12(11-20-8-4-7-18-20)19-16(21)17-10-14-9-13-5-2-3-6-15(13)22-14/h2-8,12,14H,9-11H2,1H3,(H2,17,19,21). The van der Waals surface area contributed by atoms with E-state index in [1.165, 1.54) is 5.56 Å². The highest BCUT2D eigenvalue weighted by Gasteiger charge is 2.22. The van der Waals surface area contributed by atoms with Crippen LogP contribution in [0.4, 0.5) is 4.79 Å². The number of carbonyl (C=O) groups excluding carboxylic acids is 1. The smallest absolute Gasteiger partial charge is 0.315 e. The van der Waals surface area contributed by atoms with Crippen molar-refractivity contribution in [1.82, 2.24) is 20.4 Å². The summed E-state index contributed by atoms with van der Waals surface area (Å²) in [6, 6.07) is 9.66. The van der Waals surface area contributed by atoms with Crippen molar-refractivity contribution in [3.05, 3.63) is 48.3 Å². The Labute approximate surface area is 129 Å². The van der Waals surface area contributed by atoms with E-state index in [0.717, 1.165) is 12.2 Å². The lowest BCUT2D eigenvalue weighted by atomic mass is 10.1. The molecule has 0 fully saturated rings. The van der Waals surface area contributed by atoms with Crippen LogP contribution in [-0.4, -0.2) is 34.5 Å². The Morgan fingerprint density at radius 2 is 2.32 bits per heavy atom. The summed E-state index contributed by atoms with van der Waals surface area (Å²) in [5, 5.41) is 9.88. The Morgan fingerprint density at radius 1 is 1.45 bits per heavy atom. The topological polar surface area (TPSA) is 68.2 Å². The van der Waals surface area contributed by atoms with Crippen LogP contribution in [-0.2, 0) is 13.0 Å². The second-order valence-corrected chi connectivity index (χ2v) is 5.54. The van der Waals surface area contributed by atoms with E-state index in [2.05, 4.69) is 21.8 Å². The van der Waals surface area contributed by atoms with Gasteiger partial charge in [0.25, 0.3) is 0 Å². The van der Waals surface area contributed by atoms with Gasteiger partial charge in [0.1, 0.15) is 11.9 Å². The Hall–Kier alpha value is -2.50. The van der Waals surface area contributed by atoms with Gasteiger partial charge in [0, 0.05) is 24.9 Å². The van der Waals surface area contributed by atoms with Crippen molar-refractivity contribution in [2.24, 2.45) is 0 Å². The number of aromatic nitrogens is 2. The fraction of sp³-hybridized carbons (Fsp3) is 0.375. The quantitative estimate of drug-likeness (QED) is 0.881. The van der Waals surface area contributed by atoms with E-state index < -0.39 is 0 Å². The molecule has 6 heteroatoms. The molecule has 0 bridgehead atoms. The molecule has 1 aliphatic rings. The Bertz CT molecular complexity index is 602. The van der Waals surface area contributed by atoms with Crippen molar-refractivity contribution in [2.75, 3.05) is 6.54 Å². The monoisotopic (exact) mass is 300 g/mol. The molecule has 0 radical (unpaired) electrons. The van der Waals surface area contributed by atoms with E-state index in [4.69, 9.17) is 4.74 Å². The maximum Gasteiger partial charge on any atom is 0.315 e. The van der Waals surface area contributed by atoms with Gasteiger partial charge in [-0.2, -0.15) is 5.10 Å². The van der Waals surface area contributed by atoms with Gasteiger partial charge in [0.15, 0.2) is 0 Å². The summed E-state index contributed by atoms with van der Waals surface area (Å²) >= 11 is 0. The predicted octanol–water partition coefficient (Wildman–Crippen LogP) is 1.57. The number of carbonyl (C=O) groups is 1. The van der Waals surface area contributed by atoms with Crippen LogP contribution >= 0.6 is 0 Å². The van der Waals surface area contributed by atoms with Crippen molar-refractivity contribution < 1.29 is 9.53 Å². The molecule has 22 heavy (non-hydrogen) atoms. The Kier molecular flexibility index (Phi) is 4.27. The van der Waals surface area contributed by atoms with E-state index in [0.29, 0.717) is 13.1 Å². The molecule has 2 unspecified atom stereocenters. The van der Waals surface area contributed by atoms with Crippen LogP contribution < -0.4 is 15.4 Å². The minimum absolute atomic E-state index is 0.00148. The van der Waals surface area contributed by atoms with Gasteiger partial charge >= 0.3 is 6.03 Å². The second kappa shape index (κ2) is 6.51. The maximum atomic E-state index is 11.9. The molecule has 0 spiro atoms. The fourth-order valence-electron chi connectivity index (χ4n) is 2.58. The molecule has 6 nitrogen and oxygen atoms in total. The minimum atomic E-state index is -0.181. The van der Waals surface area contributed by atoms with Crippen LogP contribution in [0.5, 0.6) is 5.75 Å². The number of hydrogen-bond donors (Lipinski definition) is 2. The van der Waals surface area contributed by atoms with Crippen molar-refractivity contribution in [2.45, 2.75) is 32.0 Å². The zero-order valence-electron chi connectivity index (χ0n) is 12.5. The highest BCUT2D eigenvalue weighted by atomic mass is 16.5. The van der Waals surface area contributed by atoms with Crippen molar-refractivity contribution in [1.29, 1.82) is 0 Å². The van der Waals surface area contributed by atoms with E-state index in [1.54, 1.807) is 10.9 Å². The number of ether oxygens (including phenoxy) is 1. The van der Waals surface area contributed by atoms with Crippen LogP contribution in [0, 0.1) is 0 Å². The van der Waals surface area contributed by atoms with Crippen LogP contribution in [0.3, 0.4) is 0 Å². The number of rotatable bonds is 5. The SMILES string of the molecule is CC(Cn1cccn1)NC(=O)NCC1Cc2ccccc2O1. The Balaban J connectivity index is 1.40. The van der Waals surface area contributed by atoms with E-state index in [-0.39, 0.29) is 18.2 Å². The van der Waals surface area contributed by atoms with Crippen LogP contribution in [0.2, 0.25) is 0 Å². The highest BCUT2D eigenvalue weighted by molar-refractivity contribution is 5.74. The average molecular weight is 300 g/mol. The van der Waals surface area contributed by atoms with E-state index >= 15 is 0 Å². The summed E-state index contributed by atoms with van der Waals surface area (Å²) in [6.45, 7) is 3.09. The third-order valence-electron chi connectivity index (χ3n) is 3.60. The first-order valence-electron chi connectivity index (χ1n) is 7.47. The number of hydrogen-bond acceptors (Lipinski definition) is 3. The number of benzene rings is 1. The number of para-hydroxylation sites is 1. The average Bonchev–Trinajstić information content (AvgIpc) is 3.13. The molecule has 2 heterocycles. The molecule has 0 saturated heterocycles. The third kappa shape index (κ3) is 3.58. The first-order valence-corrected chi connectivity index (χ1v) is 7.47. The number of fused-ring (bicyclic) bond motifs is 1. The van der Waals surface area contributed by atoms with Gasteiger partial charge in [-0.05, 0) is 24.6 Å². The van der Waals surface area contributed by atoms with Gasteiger partial charge in [-0.3, -0.25) is 4.68 Å². The molecule has 2 N–H and O–H groups in total. The first-order chi connectivity index (χ1) is 10.7. The summed E-state index contributed by atoms with van der Waals surface area (Å²) in [7, 11) is 0. The lowest BCUT2D eigenvalue weighted by Gasteiger charge is -2.16. The van der Waals surface area contributed by atoms with E-state index in [1.807, 2.05) is 37.4 Å². The molecular formula is C16H20N4O2. The molecular weight excluding hydrogens is 280 g/mol. The maximum absolute atomic E-state index is 11.9. The summed E-state index contributed by atoms with van der Waals surface area (Å²) in [4.78, 5) is 11.9. The molecule has 116 valence electrons. The normalized spacial score (nSPS) is 17.4. The van der Waals surface area contributed by atoms with Gasteiger partial charge in [0.2, 0.25) is 0 Å². The zero-order valence-corrected chi connectivity index (χ0v) is 12.5. The van der Waals surface area contributed by atoms with Gasteiger partial charge in [-0.25, -0.2) is 4.79 Å². The molecule has 2 amide bonds. The predicted molar refractivity (Wildman–Crippen MR) is 82.8 cm³/mol. The summed E-state index contributed by atoms with van der Waals surface area (Å²) < 4.78 is 7.58. The number of urea groups is 1. The molecule has 1 aromatic carbocycles. The van der Waals surface area contributed by atoms with Crippen molar-refractivity contribution in [3.8, 4) is 5.75 Å². The van der Waals surface area contributed by atoms with Crippen molar-refractivity contribution in [3.63, 3.8) is 0 Å². The summed E-state index contributed by atoms with van der Waals surface area (Å²) in [6.07, 6.45) is 4.44. The van der Waals surface area contributed by atoms with Crippen LogP contribution in [0.1, 0.15) is 12.5 Å². The van der Waals surface area contributed by atoms with Gasteiger partial charge < -0.3 is 15.4 Å². The summed E-state index contributed by atoms with van der Waals surface area (Å²) in [5.74, 6) is 0.918. The molecule has 2 atom stereocenters. The van der Waals surface area contributed by atoms with Gasteiger partial charge in [0.05, 0.1) is 13.1 Å². The van der Waals surface area contributed by atoms with E-state index in [9.17, 15) is 4.79 Å². The number of amides is 2. The zero-order chi connectivity index (χ0) is 15.4. The Morgan fingerprint density at radius 3 is 3.09 bits per heavy atom. The van der Waals surface area contributed by atoms with Gasteiger partial charge in [-0.1, -0.05) is 18.2 Å². The number of nitrogens with one attached hydrogen (secondary N) is 2. The molecule has 1 aliphatic heterocycles.